The number of H-pyrrole nitrogens is 1. The van der Waals surface area contributed by atoms with Crippen LogP contribution in [-0.4, -0.2) is 57.6 Å². The van der Waals surface area contributed by atoms with Crippen LogP contribution in [0.1, 0.15) is 55.2 Å². The topological polar surface area (TPSA) is 59.6 Å². The van der Waals surface area contributed by atoms with Crippen LogP contribution < -0.4 is 0 Å². The average molecular weight is 434 g/mol. The number of nitrogens with zero attached hydrogens (tertiary/aromatic N) is 2. The molecule has 1 atom stereocenters. The summed E-state index contributed by atoms with van der Waals surface area (Å²) in [6, 6.07) is 15.0. The highest BCUT2D eigenvalue weighted by atomic mass is 16.3. The molecule has 0 radical (unpaired) electrons. The number of aryl methyl sites for hydroxylation is 1. The van der Waals surface area contributed by atoms with E-state index < -0.39 is 0 Å². The Morgan fingerprint density at radius 1 is 1.16 bits per heavy atom. The third kappa shape index (κ3) is 4.59. The monoisotopic (exact) mass is 433 g/mol. The van der Waals surface area contributed by atoms with E-state index in [9.17, 15) is 9.90 Å². The normalized spacial score (nSPS) is 17.2. The average Bonchev–Trinajstić information content (AvgIpc) is 3.36. The Labute approximate surface area is 191 Å². The molecule has 1 aliphatic rings. The van der Waals surface area contributed by atoms with E-state index in [4.69, 9.17) is 0 Å². The van der Waals surface area contributed by atoms with Crippen LogP contribution >= 0.6 is 0 Å². The fourth-order valence-corrected chi connectivity index (χ4v) is 4.56. The minimum atomic E-state index is -0.230. The van der Waals surface area contributed by atoms with Gasteiger partial charge in [0.2, 0.25) is 0 Å². The smallest absolute Gasteiger partial charge is 0.254 e. The molecule has 3 aromatic rings. The molecule has 1 aromatic heterocycles. The van der Waals surface area contributed by atoms with Gasteiger partial charge >= 0.3 is 0 Å². The van der Waals surface area contributed by atoms with E-state index in [0.717, 1.165) is 53.7 Å². The minimum absolute atomic E-state index is 0.0384. The number of aliphatic hydroxyl groups is 1. The first-order valence-electron chi connectivity index (χ1n) is 11.5. The predicted molar refractivity (Wildman–Crippen MR) is 131 cm³/mol. The number of amides is 1. The molecule has 2 heterocycles. The maximum absolute atomic E-state index is 13.1. The van der Waals surface area contributed by atoms with Crippen molar-refractivity contribution in [1.29, 1.82) is 0 Å². The highest BCUT2D eigenvalue weighted by molar-refractivity contribution is 5.96. The highest BCUT2D eigenvalue weighted by Gasteiger charge is 2.25. The van der Waals surface area contributed by atoms with Crippen LogP contribution in [0.3, 0.4) is 0 Å². The van der Waals surface area contributed by atoms with Crippen LogP contribution in [0.25, 0.3) is 22.0 Å². The van der Waals surface area contributed by atoms with E-state index >= 15 is 0 Å². The van der Waals surface area contributed by atoms with Gasteiger partial charge in [-0.25, -0.2) is 0 Å². The quantitative estimate of drug-likeness (QED) is 0.597. The summed E-state index contributed by atoms with van der Waals surface area (Å²) in [6.07, 6.45) is 2.22. The SMILES string of the molecule is Cc1cc(C(=O)N(C)C(C)(C)C)cc(-c2ccc3[nH]c(CN4CCC[C@@H]4CO)cc3c2)c1. The van der Waals surface area contributed by atoms with E-state index in [1.54, 1.807) is 4.90 Å². The van der Waals surface area contributed by atoms with Crippen LogP contribution in [0.2, 0.25) is 0 Å². The summed E-state index contributed by atoms with van der Waals surface area (Å²) in [4.78, 5) is 20.7. The molecule has 1 saturated heterocycles. The second-order valence-corrected chi connectivity index (χ2v) is 10.2. The van der Waals surface area contributed by atoms with Gasteiger partial charge in [0, 0.05) is 47.3 Å². The summed E-state index contributed by atoms with van der Waals surface area (Å²) >= 11 is 0. The zero-order valence-electron chi connectivity index (χ0n) is 19.9. The van der Waals surface area contributed by atoms with E-state index in [1.165, 1.54) is 11.1 Å². The Morgan fingerprint density at radius 2 is 1.94 bits per heavy atom. The maximum Gasteiger partial charge on any atom is 0.254 e. The van der Waals surface area contributed by atoms with E-state index in [0.29, 0.717) is 0 Å². The minimum Gasteiger partial charge on any atom is -0.395 e. The fourth-order valence-electron chi connectivity index (χ4n) is 4.56. The molecule has 0 spiro atoms. The van der Waals surface area contributed by atoms with Crippen LogP contribution in [0.15, 0.2) is 42.5 Å². The van der Waals surface area contributed by atoms with Gasteiger partial charge in [0.15, 0.2) is 0 Å². The van der Waals surface area contributed by atoms with Gasteiger partial charge in [-0.1, -0.05) is 12.1 Å². The number of hydrogen-bond acceptors (Lipinski definition) is 3. The number of rotatable bonds is 5. The van der Waals surface area contributed by atoms with Crippen molar-refractivity contribution in [2.24, 2.45) is 0 Å². The number of aromatic nitrogens is 1. The molecule has 4 rings (SSSR count). The predicted octanol–water partition coefficient (Wildman–Crippen LogP) is 4.97. The first-order chi connectivity index (χ1) is 15.2. The lowest BCUT2D eigenvalue weighted by molar-refractivity contribution is 0.0655. The Bertz CT molecular complexity index is 1130. The zero-order valence-corrected chi connectivity index (χ0v) is 19.9. The summed E-state index contributed by atoms with van der Waals surface area (Å²) in [5.41, 5.74) is 6.01. The van der Waals surface area contributed by atoms with Crippen molar-refractivity contribution in [3.05, 3.63) is 59.3 Å². The Morgan fingerprint density at radius 3 is 2.66 bits per heavy atom. The largest absolute Gasteiger partial charge is 0.395 e. The summed E-state index contributed by atoms with van der Waals surface area (Å²) < 4.78 is 0. The van der Waals surface area contributed by atoms with Crippen LogP contribution in [0, 0.1) is 6.92 Å². The summed E-state index contributed by atoms with van der Waals surface area (Å²) in [6.45, 7) is 10.3. The van der Waals surface area contributed by atoms with Crippen molar-refractivity contribution in [1.82, 2.24) is 14.8 Å². The van der Waals surface area contributed by atoms with Crippen molar-refractivity contribution < 1.29 is 9.90 Å². The number of hydrogen-bond donors (Lipinski definition) is 2. The van der Waals surface area contributed by atoms with Crippen molar-refractivity contribution in [3.63, 3.8) is 0 Å². The zero-order chi connectivity index (χ0) is 23.0. The molecule has 0 bridgehead atoms. The number of carbonyl (C=O) groups is 1. The Balaban J connectivity index is 1.62. The maximum atomic E-state index is 13.1. The van der Waals surface area contributed by atoms with Gasteiger partial charge < -0.3 is 15.0 Å². The molecule has 5 heteroatoms. The molecule has 1 fully saturated rings. The van der Waals surface area contributed by atoms with Crippen LogP contribution in [0.5, 0.6) is 0 Å². The molecule has 32 heavy (non-hydrogen) atoms. The number of nitrogens with one attached hydrogen (secondary N) is 1. The third-order valence-corrected chi connectivity index (χ3v) is 6.73. The molecule has 0 aliphatic carbocycles. The third-order valence-electron chi connectivity index (χ3n) is 6.73. The molecule has 1 amide bonds. The second-order valence-electron chi connectivity index (χ2n) is 10.2. The highest BCUT2D eigenvalue weighted by Crippen LogP contribution is 2.29. The standard InChI is InChI=1S/C27H35N3O2/c1-18-11-20(14-22(12-18)26(32)29(5)27(2,3)4)19-8-9-25-21(13-19)15-23(28-25)16-30-10-6-7-24(30)17-31/h8-9,11-15,24,28,31H,6-7,10,16-17H2,1-5H3/t24-/m1/s1. The molecule has 170 valence electrons. The van der Waals surface area contributed by atoms with E-state index in [1.807, 2.05) is 46.9 Å². The number of carbonyl (C=O) groups excluding carboxylic acids is 1. The summed E-state index contributed by atoms with van der Waals surface area (Å²) in [7, 11) is 1.86. The lowest BCUT2D eigenvalue weighted by Crippen LogP contribution is -2.42. The van der Waals surface area contributed by atoms with Crippen molar-refractivity contribution in [2.45, 2.75) is 58.7 Å². The summed E-state index contributed by atoms with van der Waals surface area (Å²) in [5, 5.41) is 10.8. The fraction of sp³-hybridized carbons (Fsp3) is 0.444. The number of benzene rings is 2. The number of likely N-dealkylation sites (tertiary alicyclic amines) is 1. The Kier molecular flexibility index (Phi) is 6.15. The van der Waals surface area contributed by atoms with E-state index in [-0.39, 0.29) is 24.1 Å². The van der Waals surface area contributed by atoms with Gasteiger partial charge in [0.05, 0.1) is 6.61 Å². The number of fused-ring (bicyclic) bond motifs is 1. The molecular weight excluding hydrogens is 398 g/mol. The van der Waals surface area contributed by atoms with Gasteiger partial charge in [-0.3, -0.25) is 9.69 Å². The number of aromatic amines is 1. The van der Waals surface area contributed by atoms with Crippen LogP contribution in [0.4, 0.5) is 0 Å². The first-order valence-corrected chi connectivity index (χ1v) is 11.5. The van der Waals surface area contributed by atoms with Crippen molar-refractivity contribution >= 4 is 16.8 Å². The molecule has 0 saturated carbocycles. The van der Waals surface area contributed by atoms with Gasteiger partial charge in [-0.2, -0.15) is 0 Å². The van der Waals surface area contributed by atoms with Gasteiger partial charge in [-0.05, 0) is 94.1 Å². The molecule has 5 nitrogen and oxygen atoms in total. The van der Waals surface area contributed by atoms with Crippen molar-refractivity contribution in [2.75, 3.05) is 20.2 Å². The van der Waals surface area contributed by atoms with Gasteiger partial charge in [0.25, 0.3) is 5.91 Å². The Hall–Kier alpha value is -2.63. The molecular formula is C27H35N3O2. The second kappa shape index (κ2) is 8.72. The van der Waals surface area contributed by atoms with E-state index in [2.05, 4.69) is 40.2 Å². The van der Waals surface area contributed by atoms with Gasteiger partial charge in [0.1, 0.15) is 0 Å². The molecule has 2 aromatic carbocycles. The lowest BCUT2D eigenvalue weighted by atomic mass is 9.97. The number of aliphatic hydroxyl groups excluding tert-OH is 1. The van der Waals surface area contributed by atoms with Crippen molar-refractivity contribution in [3.8, 4) is 11.1 Å². The lowest BCUT2D eigenvalue weighted by Gasteiger charge is -2.32. The molecule has 0 unspecified atom stereocenters. The molecule has 2 N–H and O–H groups in total. The molecule has 1 aliphatic heterocycles. The van der Waals surface area contributed by atoms with Crippen LogP contribution in [-0.2, 0) is 6.54 Å². The first kappa shape index (κ1) is 22.6. The summed E-state index contributed by atoms with van der Waals surface area (Å²) in [5.74, 6) is 0.0384. The van der Waals surface area contributed by atoms with Gasteiger partial charge in [-0.15, -0.1) is 0 Å².